The lowest BCUT2D eigenvalue weighted by molar-refractivity contribution is -0.139. The Kier molecular flexibility index (Phi) is 6.79. The number of carbonyl (C=O) groups is 2. The summed E-state index contributed by atoms with van der Waals surface area (Å²) in [6.45, 7) is -0.266. The number of rotatable bonds is 6. The molecule has 0 aromatic heterocycles. The highest BCUT2D eigenvalue weighted by Gasteiger charge is 2.06. The molecule has 0 fully saturated rings. The van der Waals surface area contributed by atoms with Crippen LogP contribution in [0.25, 0.3) is 12.2 Å². The monoisotopic (exact) mass is 358 g/mol. The van der Waals surface area contributed by atoms with E-state index in [1.807, 2.05) is 0 Å². The Morgan fingerprint density at radius 2 is 1.54 bits per heavy atom. The zero-order valence-electron chi connectivity index (χ0n) is 13.9. The van der Waals surface area contributed by atoms with Gasteiger partial charge in [-0.05, 0) is 47.5 Å². The second-order valence-electron chi connectivity index (χ2n) is 5.20. The second kappa shape index (κ2) is 9.27. The van der Waals surface area contributed by atoms with Crippen molar-refractivity contribution in [3.8, 4) is 0 Å². The van der Waals surface area contributed by atoms with Crippen molar-refractivity contribution in [3.05, 3.63) is 82.9 Å². The fraction of sp³-hybridized carbons (Fsp3) is 0.100. The number of methoxy groups -OCH3 is 1. The fourth-order valence-electron chi connectivity index (χ4n) is 1.98. The predicted octanol–water partition coefficient (Wildman–Crippen LogP) is 3.91. The van der Waals surface area contributed by atoms with E-state index in [9.17, 15) is 18.4 Å². The quantitative estimate of drug-likeness (QED) is 0.580. The van der Waals surface area contributed by atoms with Crippen molar-refractivity contribution in [2.45, 2.75) is 6.61 Å². The average Bonchev–Trinajstić information content (AvgIpc) is 2.65. The van der Waals surface area contributed by atoms with Gasteiger partial charge in [0.25, 0.3) is 0 Å². The first-order valence-electron chi connectivity index (χ1n) is 7.63. The van der Waals surface area contributed by atoms with Crippen molar-refractivity contribution in [2.75, 3.05) is 7.11 Å². The first-order valence-corrected chi connectivity index (χ1v) is 7.63. The average molecular weight is 358 g/mol. The van der Waals surface area contributed by atoms with Gasteiger partial charge in [-0.25, -0.2) is 18.4 Å². The molecule has 0 unspecified atom stereocenters. The van der Waals surface area contributed by atoms with E-state index in [-0.39, 0.29) is 18.0 Å². The number of halogens is 2. The number of hydrogen-bond donors (Lipinski definition) is 0. The van der Waals surface area contributed by atoms with Crippen molar-refractivity contribution in [3.63, 3.8) is 0 Å². The van der Waals surface area contributed by atoms with E-state index in [4.69, 9.17) is 4.74 Å². The zero-order chi connectivity index (χ0) is 18.9. The number of esters is 2. The Morgan fingerprint density at radius 1 is 0.923 bits per heavy atom. The van der Waals surface area contributed by atoms with Crippen LogP contribution in [0.2, 0.25) is 0 Å². The van der Waals surface area contributed by atoms with Gasteiger partial charge >= 0.3 is 11.9 Å². The minimum absolute atomic E-state index is 0.167. The maximum Gasteiger partial charge on any atom is 0.331 e. The van der Waals surface area contributed by atoms with E-state index >= 15 is 0 Å². The molecular weight excluding hydrogens is 342 g/mol. The Balaban J connectivity index is 1.97. The van der Waals surface area contributed by atoms with Gasteiger partial charge in [-0.3, -0.25) is 0 Å². The SMILES string of the molecule is COC(=O)C=Cc1ccc(F)c(COC(=O)C=Cc2ccc(F)cc2)c1. The van der Waals surface area contributed by atoms with Gasteiger partial charge in [0.2, 0.25) is 0 Å². The molecule has 0 aliphatic carbocycles. The lowest BCUT2D eigenvalue weighted by Crippen LogP contribution is -2.03. The van der Waals surface area contributed by atoms with E-state index in [1.165, 1.54) is 73.9 Å². The molecule has 4 nitrogen and oxygen atoms in total. The Bertz CT molecular complexity index is 839. The van der Waals surface area contributed by atoms with Gasteiger partial charge in [0.1, 0.15) is 18.2 Å². The lowest BCUT2D eigenvalue weighted by Gasteiger charge is -2.05. The minimum Gasteiger partial charge on any atom is -0.466 e. The van der Waals surface area contributed by atoms with Crippen LogP contribution in [0.3, 0.4) is 0 Å². The molecule has 0 spiro atoms. The molecule has 6 heteroatoms. The van der Waals surface area contributed by atoms with Crippen LogP contribution in [0.15, 0.2) is 54.6 Å². The summed E-state index contributed by atoms with van der Waals surface area (Å²) < 4.78 is 36.1. The van der Waals surface area contributed by atoms with Crippen molar-refractivity contribution in [1.29, 1.82) is 0 Å². The molecular formula is C20H16F2O4. The summed E-state index contributed by atoms with van der Waals surface area (Å²) in [7, 11) is 1.25. The van der Waals surface area contributed by atoms with Crippen LogP contribution < -0.4 is 0 Å². The van der Waals surface area contributed by atoms with Crippen LogP contribution >= 0.6 is 0 Å². The molecule has 0 bridgehead atoms. The Morgan fingerprint density at radius 3 is 2.23 bits per heavy atom. The predicted molar refractivity (Wildman–Crippen MR) is 92.7 cm³/mol. The van der Waals surface area contributed by atoms with Gasteiger partial charge in [-0.1, -0.05) is 18.2 Å². The maximum atomic E-state index is 13.8. The largest absolute Gasteiger partial charge is 0.466 e. The van der Waals surface area contributed by atoms with Gasteiger partial charge in [-0.2, -0.15) is 0 Å². The van der Waals surface area contributed by atoms with Crippen LogP contribution in [-0.4, -0.2) is 19.0 Å². The molecule has 0 aliphatic rings. The highest BCUT2D eigenvalue weighted by Crippen LogP contribution is 2.14. The summed E-state index contributed by atoms with van der Waals surface area (Å²) in [6, 6.07) is 9.72. The molecule has 0 saturated carbocycles. The standard InChI is InChI=1S/C20H16F2O4/c1-25-19(23)10-6-15-4-9-18(22)16(12-15)13-26-20(24)11-5-14-2-7-17(21)8-3-14/h2-12H,13H2,1H3. The van der Waals surface area contributed by atoms with Gasteiger partial charge in [-0.15, -0.1) is 0 Å². The van der Waals surface area contributed by atoms with Gasteiger partial charge < -0.3 is 9.47 Å². The summed E-state index contributed by atoms with van der Waals surface area (Å²) in [5.74, 6) is -2.10. The van der Waals surface area contributed by atoms with Crippen molar-refractivity contribution >= 4 is 24.1 Å². The van der Waals surface area contributed by atoms with Crippen molar-refractivity contribution in [1.82, 2.24) is 0 Å². The molecule has 0 aliphatic heterocycles. The van der Waals surface area contributed by atoms with Crippen molar-refractivity contribution < 1.29 is 27.8 Å². The first kappa shape index (κ1) is 19.1. The van der Waals surface area contributed by atoms with Crippen LogP contribution in [0.4, 0.5) is 8.78 Å². The van der Waals surface area contributed by atoms with E-state index in [2.05, 4.69) is 4.74 Å². The lowest BCUT2D eigenvalue weighted by atomic mass is 10.1. The van der Waals surface area contributed by atoms with Crippen LogP contribution in [-0.2, 0) is 25.7 Å². The smallest absolute Gasteiger partial charge is 0.331 e. The molecule has 0 saturated heterocycles. The molecule has 26 heavy (non-hydrogen) atoms. The molecule has 2 aromatic carbocycles. The summed E-state index contributed by atoms with van der Waals surface area (Å²) in [5, 5.41) is 0. The topological polar surface area (TPSA) is 52.6 Å². The van der Waals surface area contributed by atoms with E-state index in [0.717, 1.165) is 0 Å². The number of hydrogen-bond acceptors (Lipinski definition) is 4. The molecule has 134 valence electrons. The van der Waals surface area contributed by atoms with Gasteiger partial charge in [0.15, 0.2) is 0 Å². The van der Waals surface area contributed by atoms with Gasteiger partial charge in [0.05, 0.1) is 7.11 Å². The highest BCUT2D eigenvalue weighted by atomic mass is 19.1. The van der Waals surface area contributed by atoms with Crippen LogP contribution in [0.5, 0.6) is 0 Å². The van der Waals surface area contributed by atoms with E-state index in [1.54, 1.807) is 0 Å². The fourth-order valence-corrected chi connectivity index (χ4v) is 1.98. The van der Waals surface area contributed by atoms with Gasteiger partial charge in [0, 0.05) is 17.7 Å². The molecule has 0 amide bonds. The van der Waals surface area contributed by atoms with E-state index in [0.29, 0.717) is 11.1 Å². The maximum absolute atomic E-state index is 13.8. The first-order chi connectivity index (χ1) is 12.5. The third-order valence-electron chi connectivity index (χ3n) is 3.33. The van der Waals surface area contributed by atoms with Crippen LogP contribution in [0.1, 0.15) is 16.7 Å². The normalized spacial score (nSPS) is 11.0. The summed E-state index contributed by atoms with van der Waals surface area (Å²) in [5.41, 5.74) is 1.36. The molecule has 2 aromatic rings. The molecule has 0 heterocycles. The molecule has 0 atom stereocenters. The van der Waals surface area contributed by atoms with E-state index < -0.39 is 17.8 Å². The zero-order valence-corrected chi connectivity index (χ0v) is 13.9. The van der Waals surface area contributed by atoms with Crippen molar-refractivity contribution in [2.24, 2.45) is 0 Å². The number of ether oxygens (including phenoxy) is 2. The summed E-state index contributed by atoms with van der Waals surface area (Å²) in [4.78, 5) is 22.8. The molecule has 0 N–H and O–H groups in total. The third kappa shape index (κ3) is 5.98. The van der Waals surface area contributed by atoms with Crippen LogP contribution in [0, 0.1) is 11.6 Å². The Hall–Kier alpha value is -3.28. The molecule has 2 rings (SSSR count). The number of carbonyl (C=O) groups excluding carboxylic acids is 2. The summed E-state index contributed by atoms with van der Waals surface area (Å²) in [6.07, 6.45) is 5.30. The number of benzene rings is 2. The molecule has 0 radical (unpaired) electrons. The Labute approximate surface area is 149 Å². The minimum atomic E-state index is -0.663. The second-order valence-corrected chi connectivity index (χ2v) is 5.20. The highest BCUT2D eigenvalue weighted by molar-refractivity contribution is 5.87. The summed E-state index contributed by atoms with van der Waals surface area (Å²) >= 11 is 0. The third-order valence-corrected chi connectivity index (χ3v) is 3.33.